The molecular formula is C9H19NO. The summed E-state index contributed by atoms with van der Waals surface area (Å²) >= 11 is 0. The second-order valence-electron chi connectivity index (χ2n) is 3.73. The van der Waals surface area contributed by atoms with Gasteiger partial charge in [-0.05, 0) is 18.8 Å². The monoisotopic (exact) mass is 157 g/mol. The zero-order chi connectivity index (χ0) is 8.32. The lowest BCUT2D eigenvalue weighted by Crippen LogP contribution is -2.46. The van der Waals surface area contributed by atoms with Crippen molar-refractivity contribution in [3.05, 3.63) is 0 Å². The van der Waals surface area contributed by atoms with E-state index in [0.717, 1.165) is 19.6 Å². The van der Waals surface area contributed by atoms with Gasteiger partial charge in [0.05, 0.1) is 6.61 Å². The fourth-order valence-electron chi connectivity index (χ4n) is 1.71. The first kappa shape index (κ1) is 9.01. The number of hydrogen-bond donors (Lipinski definition) is 1. The van der Waals surface area contributed by atoms with Crippen molar-refractivity contribution in [2.24, 2.45) is 11.7 Å². The molecule has 2 unspecified atom stereocenters. The lowest BCUT2D eigenvalue weighted by atomic mass is 9.83. The van der Waals surface area contributed by atoms with Crippen LogP contribution in [0.5, 0.6) is 0 Å². The van der Waals surface area contributed by atoms with Gasteiger partial charge in [-0.25, -0.2) is 0 Å². The highest BCUT2D eigenvalue weighted by Crippen LogP contribution is 2.27. The molecule has 2 N–H and O–H groups in total. The van der Waals surface area contributed by atoms with Crippen LogP contribution in [0.4, 0.5) is 0 Å². The minimum atomic E-state index is -0.0178. The fraction of sp³-hybridized carbons (Fsp3) is 1.00. The predicted molar refractivity (Wildman–Crippen MR) is 46.4 cm³/mol. The minimum Gasteiger partial charge on any atom is -0.379 e. The fourth-order valence-corrected chi connectivity index (χ4v) is 1.71. The molecule has 1 rings (SSSR count). The molecule has 0 aromatic rings. The van der Waals surface area contributed by atoms with Crippen molar-refractivity contribution in [1.29, 1.82) is 0 Å². The van der Waals surface area contributed by atoms with Crippen LogP contribution < -0.4 is 5.73 Å². The van der Waals surface area contributed by atoms with Crippen LogP contribution in [0.25, 0.3) is 0 Å². The number of hydrogen-bond acceptors (Lipinski definition) is 2. The molecule has 1 fully saturated rings. The molecule has 0 amide bonds. The highest BCUT2D eigenvalue weighted by molar-refractivity contribution is 4.92. The van der Waals surface area contributed by atoms with Crippen LogP contribution in [-0.4, -0.2) is 18.8 Å². The maximum absolute atomic E-state index is 6.16. The van der Waals surface area contributed by atoms with Gasteiger partial charge >= 0.3 is 0 Å². The molecule has 0 aromatic carbocycles. The van der Waals surface area contributed by atoms with Gasteiger partial charge in [0.1, 0.15) is 0 Å². The lowest BCUT2D eigenvalue weighted by molar-refractivity contribution is 0.158. The minimum absolute atomic E-state index is 0.0178. The molecule has 1 heterocycles. The Bertz CT molecular complexity index is 119. The van der Waals surface area contributed by atoms with E-state index >= 15 is 0 Å². The third-order valence-corrected chi connectivity index (χ3v) is 2.79. The van der Waals surface area contributed by atoms with E-state index in [1.165, 1.54) is 12.8 Å². The molecule has 1 aliphatic rings. The Morgan fingerprint density at radius 2 is 2.36 bits per heavy atom. The van der Waals surface area contributed by atoms with Gasteiger partial charge in [0.2, 0.25) is 0 Å². The molecule has 66 valence electrons. The summed E-state index contributed by atoms with van der Waals surface area (Å²) in [5.74, 6) is 0.606. The van der Waals surface area contributed by atoms with E-state index in [2.05, 4.69) is 13.8 Å². The van der Waals surface area contributed by atoms with Crippen LogP contribution >= 0.6 is 0 Å². The zero-order valence-electron chi connectivity index (χ0n) is 7.60. The molecule has 1 saturated heterocycles. The van der Waals surface area contributed by atoms with Gasteiger partial charge in [0, 0.05) is 12.1 Å². The molecule has 0 radical (unpaired) electrons. The standard InChI is InChI=1S/C9H19NO/c1-3-4-8(2)9(10)5-6-11-7-9/h8H,3-7,10H2,1-2H3. The molecule has 2 atom stereocenters. The Labute approximate surface area is 69.1 Å². The predicted octanol–water partition coefficient (Wildman–Crippen LogP) is 1.54. The summed E-state index contributed by atoms with van der Waals surface area (Å²) in [6.07, 6.45) is 3.48. The second kappa shape index (κ2) is 3.55. The summed E-state index contributed by atoms with van der Waals surface area (Å²) < 4.78 is 5.30. The molecular weight excluding hydrogens is 138 g/mol. The molecule has 2 heteroatoms. The number of nitrogens with two attached hydrogens (primary N) is 1. The van der Waals surface area contributed by atoms with Crippen LogP contribution in [0.2, 0.25) is 0 Å². The van der Waals surface area contributed by atoms with Crippen LogP contribution in [-0.2, 0) is 4.74 Å². The Hall–Kier alpha value is -0.0800. The van der Waals surface area contributed by atoms with Crippen LogP contribution in [0.15, 0.2) is 0 Å². The van der Waals surface area contributed by atoms with Gasteiger partial charge in [-0.15, -0.1) is 0 Å². The average molecular weight is 157 g/mol. The molecule has 0 bridgehead atoms. The Kier molecular flexibility index (Phi) is 2.90. The highest BCUT2D eigenvalue weighted by atomic mass is 16.5. The Morgan fingerprint density at radius 1 is 1.64 bits per heavy atom. The van der Waals surface area contributed by atoms with Crippen molar-refractivity contribution >= 4 is 0 Å². The first-order chi connectivity index (χ1) is 5.19. The van der Waals surface area contributed by atoms with E-state index in [4.69, 9.17) is 10.5 Å². The van der Waals surface area contributed by atoms with Gasteiger partial charge in [-0.2, -0.15) is 0 Å². The van der Waals surface area contributed by atoms with Crippen molar-refractivity contribution in [2.45, 2.75) is 38.6 Å². The van der Waals surface area contributed by atoms with Crippen molar-refractivity contribution in [3.63, 3.8) is 0 Å². The van der Waals surface area contributed by atoms with Crippen molar-refractivity contribution in [3.8, 4) is 0 Å². The van der Waals surface area contributed by atoms with Crippen molar-refractivity contribution < 1.29 is 4.74 Å². The van der Waals surface area contributed by atoms with Crippen molar-refractivity contribution in [1.82, 2.24) is 0 Å². The molecule has 0 spiro atoms. The van der Waals surface area contributed by atoms with E-state index in [0.29, 0.717) is 5.92 Å². The van der Waals surface area contributed by atoms with E-state index in [1.54, 1.807) is 0 Å². The smallest absolute Gasteiger partial charge is 0.0649 e. The van der Waals surface area contributed by atoms with E-state index in [1.807, 2.05) is 0 Å². The third-order valence-electron chi connectivity index (χ3n) is 2.79. The van der Waals surface area contributed by atoms with Gasteiger partial charge in [-0.1, -0.05) is 20.3 Å². The van der Waals surface area contributed by atoms with Crippen LogP contribution in [0, 0.1) is 5.92 Å². The summed E-state index contributed by atoms with van der Waals surface area (Å²) in [5, 5.41) is 0. The first-order valence-electron chi connectivity index (χ1n) is 4.55. The topological polar surface area (TPSA) is 35.2 Å². The summed E-state index contributed by atoms with van der Waals surface area (Å²) in [4.78, 5) is 0. The molecule has 0 aromatic heterocycles. The maximum Gasteiger partial charge on any atom is 0.0649 e. The zero-order valence-corrected chi connectivity index (χ0v) is 7.60. The van der Waals surface area contributed by atoms with Gasteiger partial charge < -0.3 is 10.5 Å². The van der Waals surface area contributed by atoms with E-state index in [9.17, 15) is 0 Å². The first-order valence-corrected chi connectivity index (χ1v) is 4.55. The molecule has 0 saturated carbocycles. The summed E-state index contributed by atoms with van der Waals surface area (Å²) in [5.41, 5.74) is 6.15. The van der Waals surface area contributed by atoms with Crippen LogP contribution in [0.1, 0.15) is 33.1 Å². The SMILES string of the molecule is CCCC(C)C1(N)CCOC1. The van der Waals surface area contributed by atoms with Gasteiger partial charge in [0.15, 0.2) is 0 Å². The summed E-state index contributed by atoms with van der Waals surface area (Å²) in [6.45, 7) is 6.05. The summed E-state index contributed by atoms with van der Waals surface area (Å²) in [6, 6.07) is 0. The average Bonchev–Trinajstić information content (AvgIpc) is 2.38. The maximum atomic E-state index is 6.16. The van der Waals surface area contributed by atoms with Crippen LogP contribution in [0.3, 0.4) is 0 Å². The number of rotatable bonds is 3. The summed E-state index contributed by atoms with van der Waals surface area (Å²) in [7, 11) is 0. The quantitative estimate of drug-likeness (QED) is 0.674. The van der Waals surface area contributed by atoms with E-state index in [-0.39, 0.29) is 5.54 Å². The Morgan fingerprint density at radius 3 is 2.82 bits per heavy atom. The molecule has 1 aliphatic heterocycles. The highest BCUT2D eigenvalue weighted by Gasteiger charge is 2.35. The lowest BCUT2D eigenvalue weighted by Gasteiger charge is -2.29. The Balaban J connectivity index is 2.42. The third kappa shape index (κ3) is 1.94. The molecule has 0 aliphatic carbocycles. The van der Waals surface area contributed by atoms with Gasteiger partial charge in [-0.3, -0.25) is 0 Å². The molecule has 2 nitrogen and oxygen atoms in total. The second-order valence-corrected chi connectivity index (χ2v) is 3.73. The number of ether oxygens (including phenoxy) is 1. The molecule has 11 heavy (non-hydrogen) atoms. The van der Waals surface area contributed by atoms with Gasteiger partial charge in [0.25, 0.3) is 0 Å². The van der Waals surface area contributed by atoms with E-state index < -0.39 is 0 Å². The van der Waals surface area contributed by atoms with Crippen molar-refractivity contribution in [2.75, 3.05) is 13.2 Å². The normalized spacial score (nSPS) is 34.1. The largest absolute Gasteiger partial charge is 0.379 e.